The van der Waals surface area contributed by atoms with Crippen molar-refractivity contribution in [2.24, 2.45) is 5.92 Å². The number of carboxylic acid groups (broad SMARTS) is 2. The SMILES string of the molecule is CCCCc1ccc(C(=O)O)c(C(=O)O)c1CCCC.CN1CC[C@]23c4c5ccc(O)c4O[C@H]2[C@@H](O)C=C[C@H]3[C@H]1C5. The van der Waals surface area contributed by atoms with E-state index in [0.29, 0.717) is 29.7 Å². The number of hydrogen-bond acceptors (Lipinski definition) is 6. The highest BCUT2D eigenvalue weighted by Gasteiger charge is 2.64. The van der Waals surface area contributed by atoms with Crippen molar-refractivity contribution < 1.29 is 34.8 Å². The van der Waals surface area contributed by atoms with Crippen molar-refractivity contribution in [2.45, 2.75) is 88.9 Å². The number of aromatic carboxylic acids is 2. The number of likely N-dealkylation sites (tertiary alicyclic amines) is 1. The second-order valence-corrected chi connectivity index (χ2v) is 11.9. The Morgan fingerprint density at radius 1 is 1.02 bits per heavy atom. The van der Waals surface area contributed by atoms with Crippen LogP contribution in [0.5, 0.6) is 11.5 Å². The number of ether oxygens (including phenoxy) is 1. The number of aromatic hydroxyl groups is 1. The van der Waals surface area contributed by atoms with Gasteiger partial charge in [-0.25, -0.2) is 9.59 Å². The molecule has 1 fully saturated rings. The molecule has 4 aliphatic rings. The molecule has 2 aliphatic heterocycles. The third-order valence-corrected chi connectivity index (χ3v) is 9.58. The molecule has 0 aromatic heterocycles. The van der Waals surface area contributed by atoms with Crippen molar-refractivity contribution in [3.8, 4) is 11.5 Å². The van der Waals surface area contributed by atoms with E-state index in [1.54, 1.807) is 12.1 Å². The molecule has 0 radical (unpaired) electrons. The lowest BCUT2D eigenvalue weighted by atomic mass is 9.53. The number of rotatable bonds is 8. The number of carboxylic acids is 2. The summed E-state index contributed by atoms with van der Waals surface area (Å²) in [5.74, 6) is -1.14. The van der Waals surface area contributed by atoms with E-state index in [9.17, 15) is 24.9 Å². The molecule has 0 saturated carbocycles. The average Bonchev–Trinajstić information content (AvgIpc) is 3.31. The van der Waals surface area contributed by atoms with Crippen LogP contribution in [0, 0.1) is 5.92 Å². The van der Waals surface area contributed by atoms with Gasteiger partial charge in [0.05, 0.1) is 11.1 Å². The van der Waals surface area contributed by atoms with Crippen LogP contribution in [-0.2, 0) is 24.7 Å². The maximum absolute atomic E-state index is 11.5. The summed E-state index contributed by atoms with van der Waals surface area (Å²) in [5, 5.41) is 39.2. The summed E-state index contributed by atoms with van der Waals surface area (Å²) in [6.45, 7) is 5.12. The van der Waals surface area contributed by atoms with Crippen molar-refractivity contribution in [2.75, 3.05) is 13.6 Å². The van der Waals surface area contributed by atoms with Gasteiger partial charge in [0.25, 0.3) is 0 Å². The van der Waals surface area contributed by atoms with Crippen molar-refractivity contribution in [1.82, 2.24) is 4.90 Å². The smallest absolute Gasteiger partial charge is 0.336 e. The van der Waals surface area contributed by atoms with Crippen LogP contribution in [0.4, 0.5) is 0 Å². The maximum atomic E-state index is 11.5. The minimum atomic E-state index is -1.18. The second kappa shape index (κ2) is 11.5. The van der Waals surface area contributed by atoms with Gasteiger partial charge in [0.15, 0.2) is 11.5 Å². The first-order valence-corrected chi connectivity index (χ1v) is 14.9. The molecule has 2 aromatic rings. The summed E-state index contributed by atoms with van der Waals surface area (Å²) in [5.41, 5.74) is 3.83. The number of phenols is 1. The number of benzene rings is 2. The quantitative estimate of drug-likeness (QED) is 0.332. The highest BCUT2D eigenvalue weighted by atomic mass is 16.5. The van der Waals surface area contributed by atoms with E-state index in [4.69, 9.17) is 9.84 Å². The van der Waals surface area contributed by atoms with E-state index in [-0.39, 0.29) is 28.4 Å². The van der Waals surface area contributed by atoms with Gasteiger partial charge >= 0.3 is 11.9 Å². The Labute approximate surface area is 241 Å². The Bertz CT molecular complexity index is 1370. The Kier molecular flexibility index (Phi) is 8.17. The molecule has 1 saturated heterocycles. The van der Waals surface area contributed by atoms with E-state index < -0.39 is 18.0 Å². The summed E-state index contributed by atoms with van der Waals surface area (Å²) in [4.78, 5) is 25.1. The van der Waals surface area contributed by atoms with E-state index in [0.717, 1.165) is 57.1 Å². The number of nitrogens with zero attached hydrogens (tertiary/aromatic N) is 1. The standard InChI is InChI=1S/C17H19NO3.C16H22O4/c1-18-7-6-17-10-3-5-13(20)16(17)21-15-12(19)4-2-9(14(15)17)8-11(10)18;1-3-5-7-11-9-10-13(15(17)18)14(16(19)20)12(11)8-6-4-2/h2-5,10-11,13,16,19-20H,6-8H2,1H3;9-10H,3-8H2,1-2H3,(H,17,18)(H,19,20)/t10-,11+,13-,16-,17-;/m0./s1. The normalized spacial score (nSPS) is 26.9. The molecule has 1 spiro atoms. The summed E-state index contributed by atoms with van der Waals surface area (Å²) < 4.78 is 6.09. The molecule has 2 heterocycles. The van der Waals surface area contributed by atoms with Gasteiger partial charge in [-0.05, 0) is 80.9 Å². The molecule has 5 atom stereocenters. The predicted octanol–water partition coefficient (Wildman–Crippen LogP) is 4.97. The van der Waals surface area contributed by atoms with Crippen LogP contribution in [0.15, 0.2) is 36.4 Å². The number of piperidine rings is 1. The average molecular weight is 564 g/mol. The predicted molar refractivity (Wildman–Crippen MR) is 155 cm³/mol. The summed E-state index contributed by atoms with van der Waals surface area (Å²) >= 11 is 0. The molecule has 4 N–H and O–H groups in total. The van der Waals surface area contributed by atoms with Crippen LogP contribution in [0.25, 0.3) is 0 Å². The van der Waals surface area contributed by atoms with Crippen LogP contribution in [-0.4, -0.2) is 69.1 Å². The summed E-state index contributed by atoms with van der Waals surface area (Å²) in [7, 11) is 2.19. The Morgan fingerprint density at radius 3 is 2.44 bits per heavy atom. The minimum Gasteiger partial charge on any atom is -0.504 e. The maximum Gasteiger partial charge on any atom is 0.336 e. The van der Waals surface area contributed by atoms with Gasteiger partial charge in [-0.2, -0.15) is 0 Å². The number of phenolic OH excluding ortho intramolecular Hbond substituents is 1. The van der Waals surface area contributed by atoms with Crippen LogP contribution < -0.4 is 4.74 Å². The minimum absolute atomic E-state index is 0.0282. The summed E-state index contributed by atoms with van der Waals surface area (Å²) in [6, 6.07) is 7.42. The van der Waals surface area contributed by atoms with Crippen LogP contribution in [0.1, 0.15) is 88.9 Å². The lowest BCUT2D eigenvalue weighted by Crippen LogP contribution is -2.64. The monoisotopic (exact) mass is 563 g/mol. The number of aliphatic hydroxyl groups excluding tert-OH is 1. The second-order valence-electron chi connectivity index (χ2n) is 11.9. The topological polar surface area (TPSA) is 128 Å². The van der Waals surface area contributed by atoms with Crippen molar-refractivity contribution in [3.05, 3.63) is 69.8 Å². The van der Waals surface area contributed by atoms with Gasteiger partial charge in [0.2, 0.25) is 0 Å². The third-order valence-electron chi connectivity index (χ3n) is 9.58. The fourth-order valence-corrected chi connectivity index (χ4v) is 7.59. The molecule has 0 amide bonds. The molecular weight excluding hydrogens is 522 g/mol. The number of aliphatic hydroxyl groups is 1. The molecule has 2 aromatic carbocycles. The fourth-order valence-electron chi connectivity index (χ4n) is 7.59. The lowest BCUT2D eigenvalue weighted by Gasteiger charge is -2.56. The van der Waals surface area contributed by atoms with Gasteiger partial charge < -0.3 is 30.1 Å². The zero-order valence-corrected chi connectivity index (χ0v) is 24.1. The van der Waals surface area contributed by atoms with Crippen LogP contribution in [0.2, 0.25) is 0 Å². The molecule has 2 bridgehead atoms. The number of aryl methyl sites for hydroxylation is 1. The van der Waals surface area contributed by atoms with Gasteiger partial charge in [-0.1, -0.05) is 51.0 Å². The van der Waals surface area contributed by atoms with Gasteiger partial charge in [0, 0.05) is 22.9 Å². The Morgan fingerprint density at radius 2 is 1.76 bits per heavy atom. The Hall–Kier alpha value is -3.36. The lowest BCUT2D eigenvalue weighted by molar-refractivity contribution is -0.0453. The first-order valence-electron chi connectivity index (χ1n) is 14.9. The van der Waals surface area contributed by atoms with Gasteiger partial charge in [0.1, 0.15) is 12.2 Å². The van der Waals surface area contributed by atoms with Crippen LogP contribution >= 0.6 is 0 Å². The Balaban J connectivity index is 0.000000165. The van der Waals surface area contributed by atoms with Crippen molar-refractivity contribution in [1.29, 1.82) is 0 Å². The van der Waals surface area contributed by atoms with Crippen molar-refractivity contribution in [3.63, 3.8) is 0 Å². The number of likely N-dealkylation sites (N-methyl/N-ethyl adjacent to an activating group) is 1. The van der Waals surface area contributed by atoms with E-state index >= 15 is 0 Å². The first-order chi connectivity index (χ1) is 19.6. The molecule has 6 rings (SSSR count). The molecule has 0 unspecified atom stereocenters. The van der Waals surface area contributed by atoms with Crippen molar-refractivity contribution >= 4 is 11.9 Å². The number of carbonyl (C=O) groups is 2. The first kappa shape index (κ1) is 29.1. The zero-order valence-electron chi connectivity index (χ0n) is 24.1. The number of unbranched alkanes of at least 4 members (excludes halogenated alkanes) is 2. The molecule has 220 valence electrons. The molecule has 8 heteroatoms. The highest BCUT2D eigenvalue weighted by molar-refractivity contribution is 6.03. The largest absolute Gasteiger partial charge is 0.504 e. The van der Waals surface area contributed by atoms with Gasteiger partial charge in [-0.3, -0.25) is 0 Å². The van der Waals surface area contributed by atoms with E-state index in [2.05, 4.69) is 24.9 Å². The van der Waals surface area contributed by atoms with E-state index in [1.807, 2.05) is 19.1 Å². The highest BCUT2D eigenvalue weighted by Crippen LogP contribution is 2.62. The third kappa shape index (κ3) is 4.81. The van der Waals surface area contributed by atoms with Crippen LogP contribution in [0.3, 0.4) is 0 Å². The van der Waals surface area contributed by atoms with Gasteiger partial charge in [-0.15, -0.1) is 0 Å². The van der Waals surface area contributed by atoms with E-state index in [1.165, 1.54) is 17.2 Å². The molecular formula is C33H41NO7. The molecule has 2 aliphatic carbocycles. The fraction of sp³-hybridized carbons (Fsp3) is 0.515. The molecule has 41 heavy (non-hydrogen) atoms. The number of hydrogen-bond donors (Lipinski definition) is 4. The summed E-state index contributed by atoms with van der Waals surface area (Å²) in [6.07, 6.45) is 10.4. The zero-order chi connectivity index (χ0) is 29.5. The molecule has 8 nitrogen and oxygen atoms in total.